The molecule has 1 amide bonds. The Hall–Kier alpha value is -0.970. The summed E-state index contributed by atoms with van der Waals surface area (Å²) in [6, 6.07) is 5.29. The number of carbonyl (C=O) groups is 1. The molecule has 5 atom stereocenters. The van der Waals surface area contributed by atoms with Crippen LogP contribution in [0.5, 0.6) is 5.75 Å². The molecule has 2 N–H and O–H groups in total. The van der Waals surface area contributed by atoms with Gasteiger partial charge in [-0.25, -0.2) is 0 Å². The molecule has 0 saturated heterocycles. The number of amides is 1. The van der Waals surface area contributed by atoms with Gasteiger partial charge in [0.15, 0.2) is 0 Å². The van der Waals surface area contributed by atoms with Crippen molar-refractivity contribution in [1.82, 2.24) is 5.32 Å². The van der Waals surface area contributed by atoms with Gasteiger partial charge in [-0.3, -0.25) is 4.79 Å². The number of hydrogen-bond acceptors (Lipinski definition) is 3. The van der Waals surface area contributed by atoms with Crippen molar-refractivity contribution in [2.75, 3.05) is 6.61 Å². The highest BCUT2D eigenvalue weighted by Gasteiger charge is 2.60. The lowest BCUT2D eigenvalue weighted by Gasteiger charge is -2.63. The maximum absolute atomic E-state index is 13.2. The smallest absolute Gasteiger partial charge is 0.226 e. The molecule has 0 aromatic heterocycles. The van der Waals surface area contributed by atoms with Gasteiger partial charge in [-0.2, -0.15) is 0 Å². The van der Waals surface area contributed by atoms with E-state index >= 15 is 0 Å². The zero-order valence-electron chi connectivity index (χ0n) is 17.4. The third kappa shape index (κ3) is 4.13. The zero-order valence-corrected chi connectivity index (χ0v) is 18.9. The minimum Gasteiger partial charge on any atom is -0.492 e. The Labute approximate surface area is 183 Å². The maximum Gasteiger partial charge on any atom is 0.226 e. The summed E-state index contributed by atoms with van der Waals surface area (Å²) in [6.45, 7) is 6.57. The minimum atomic E-state index is -0.555. The third-order valence-corrected chi connectivity index (χ3v) is 7.97. The van der Waals surface area contributed by atoms with Gasteiger partial charge in [0.1, 0.15) is 5.75 Å². The van der Waals surface area contributed by atoms with Gasteiger partial charge >= 0.3 is 0 Å². The summed E-state index contributed by atoms with van der Waals surface area (Å²) in [5.74, 6) is 1.63. The van der Waals surface area contributed by atoms with E-state index in [1.54, 1.807) is 18.2 Å². The number of aliphatic hydroxyl groups is 1. The second-order valence-electron chi connectivity index (χ2n) is 10.5. The lowest BCUT2D eigenvalue weighted by Crippen LogP contribution is -2.67. The fourth-order valence-electron chi connectivity index (χ4n) is 6.30. The maximum atomic E-state index is 13.2. The average Bonchev–Trinajstić information content (AvgIpc) is 2.58. The molecular formula is C23H31Cl2NO3. The lowest BCUT2D eigenvalue weighted by molar-refractivity contribution is -0.178. The predicted molar refractivity (Wildman–Crippen MR) is 115 cm³/mol. The normalized spacial score (nSPS) is 35.6. The molecule has 1 aromatic carbocycles. The monoisotopic (exact) mass is 439 g/mol. The van der Waals surface area contributed by atoms with Crippen LogP contribution in [0.4, 0.5) is 0 Å². The quantitative estimate of drug-likeness (QED) is 0.637. The number of carbonyl (C=O) groups excluding carboxylic acids is 1. The van der Waals surface area contributed by atoms with E-state index in [1.807, 2.05) is 13.8 Å². The molecular weight excluding hydrogens is 409 g/mol. The van der Waals surface area contributed by atoms with E-state index in [0.29, 0.717) is 40.7 Å². The van der Waals surface area contributed by atoms with Crippen molar-refractivity contribution in [3.63, 3.8) is 0 Å². The van der Waals surface area contributed by atoms with Gasteiger partial charge < -0.3 is 15.2 Å². The van der Waals surface area contributed by atoms with Crippen LogP contribution in [0.15, 0.2) is 18.2 Å². The van der Waals surface area contributed by atoms with Crippen molar-refractivity contribution in [1.29, 1.82) is 0 Å². The largest absolute Gasteiger partial charge is 0.492 e. The van der Waals surface area contributed by atoms with E-state index in [1.165, 1.54) is 0 Å². The molecule has 4 nitrogen and oxygen atoms in total. The van der Waals surface area contributed by atoms with Crippen LogP contribution in [0.1, 0.15) is 59.3 Å². The molecule has 0 aliphatic heterocycles. The van der Waals surface area contributed by atoms with Crippen LogP contribution in [-0.4, -0.2) is 29.3 Å². The summed E-state index contributed by atoms with van der Waals surface area (Å²) < 4.78 is 5.79. The number of nitrogens with one attached hydrogen (secondary N) is 1. The van der Waals surface area contributed by atoms with Gasteiger partial charge in [-0.1, -0.05) is 44.0 Å². The first-order chi connectivity index (χ1) is 13.5. The molecule has 4 bridgehead atoms. The fourth-order valence-corrected chi connectivity index (χ4v) is 6.76. The van der Waals surface area contributed by atoms with Crippen LogP contribution in [0, 0.1) is 22.7 Å². The van der Waals surface area contributed by atoms with E-state index < -0.39 is 11.0 Å². The molecule has 29 heavy (non-hydrogen) atoms. The van der Waals surface area contributed by atoms with Crippen LogP contribution in [0.2, 0.25) is 10.0 Å². The Morgan fingerprint density at radius 3 is 2.72 bits per heavy atom. The van der Waals surface area contributed by atoms with E-state index in [0.717, 1.165) is 32.1 Å². The summed E-state index contributed by atoms with van der Waals surface area (Å²) in [4.78, 5) is 13.2. The molecule has 0 heterocycles. The van der Waals surface area contributed by atoms with Crippen molar-refractivity contribution >= 4 is 29.1 Å². The Balaban J connectivity index is 1.36. The molecule has 0 radical (unpaired) electrons. The van der Waals surface area contributed by atoms with Crippen LogP contribution in [0.25, 0.3) is 0 Å². The number of benzene rings is 1. The average molecular weight is 440 g/mol. The molecule has 4 aliphatic carbocycles. The summed E-state index contributed by atoms with van der Waals surface area (Å²) in [7, 11) is 0. The van der Waals surface area contributed by atoms with Crippen LogP contribution >= 0.6 is 23.2 Å². The van der Waals surface area contributed by atoms with E-state index in [4.69, 9.17) is 27.9 Å². The predicted octanol–water partition coefficient (Wildman–Crippen LogP) is 5.23. The molecule has 5 rings (SSSR count). The van der Waals surface area contributed by atoms with E-state index in [9.17, 15) is 9.90 Å². The molecule has 0 spiro atoms. The Morgan fingerprint density at radius 1 is 1.31 bits per heavy atom. The SMILES string of the molecule is CC(C)(CCOc1ccc(Cl)cc1Cl)C(=O)NC1C2CC3CC(O)(C2)CC1(C)C3. The molecule has 1 aromatic rings. The first-order valence-electron chi connectivity index (χ1n) is 10.6. The van der Waals surface area contributed by atoms with Crippen molar-refractivity contribution in [2.45, 2.75) is 70.9 Å². The van der Waals surface area contributed by atoms with Gasteiger partial charge in [-0.05, 0) is 74.0 Å². The van der Waals surface area contributed by atoms with Crippen LogP contribution in [-0.2, 0) is 4.79 Å². The number of rotatable bonds is 6. The number of hydrogen-bond donors (Lipinski definition) is 2. The lowest BCUT2D eigenvalue weighted by atomic mass is 9.46. The number of ether oxygens (including phenoxy) is 1. The number of halogens is 2. The van der Waals surface area contributed by atoms with Gasteiger partial charge in [0.05, 0.1) is 17.2 Å². The molecule has 6 heteroatoms. The fraction of sp³-hybridized carbons (Fsp3) is 0.696. The topological polar surface area (TPSA) is 58.6 Å². The van der Waals surface area contributed by atoms with Crippen LogP contribution < -0.4 is 10.1 Å². The third-order valence-electron chi connectivity index (χ3n) is 7.44. The summed E-state index contributed by atoms with van der Waals surface area (Å²) in [5, 5.41) is 15.3. The highest BCUT2D eigenvalue weighted by molar-refractivity contribution is 6.35. The Kier molecular flexibility index (Phi) is 5.37. The van der Waals surface area contributed by atoms with E-state index in [2.05, 4.69) is 12.2 Å². The van der Waals surface area contributed by atoms with E-state index in [-0.39, 0.29) is 17.4 Å². The molecule has 5 unspecified atom stereocenters. The summed E-state index contributed by atoms with van der Waals surface area (Å²) >= 11 is 12.1. The standard InChI is InChI=1S/C23H31Cl2NO3/c1-21(2,6-7-29-18-5-4-16(24)9-17(18)25)20(27)26-19-15-8-14-10-22(19,3)13-23(28,11-14)12-15/h4-5,9,14-15,19,28H,6-8,10-13H2,1-3H3,(H,26,27). The second-order valence-corrected chi connectivity index (χ2v) is 11.4. The van der Waals surface area contributed by atoms with Crippen molar-refractivity contribution in [2.24, 2.45) is 22.7 Å². The molecule has 160 valence electrons. The molecule has 4 fully saturated rings. The zero-order chi connectivity index (χ0) is 21.0. The highest BCUT2D eigenvalue weighted by atomic mass is 35.5. The van der Waals surface area contributed by atoms with Crippen molar-refractivity contribution in [3.05, 3.63) is 28.2 Å². The first-order valence-corrected chi connectivity index (χ1v) is 11.4. The molecule has 4 saturated carbocycles. The van der Waals surface area contributed by atoms with Gasteiger partial charge in [0, 0.05) is 16.5 Å². The minimum absolute atomic E-state index is 0.00208. The van der Waals surface area contributed by atoms with Gasteiger partial charge in [-0.15, -0.1) is 0 Å². The van der Waals surface area contributed by atoms with Crippen molar-refractivity contribution in [3.8, 4) is 5.75 Å². The second kappa shape index (κ2) is 7.32. The van der Waals surface area contributed by atoms with Crippen molar-refractivity contribution < 1.29 is 14.6 Å². The molecule has 4 aliphatic rings. The Bertz CT molecular complexity index is 813. The summed E-state index contributed by atoms with van der Waals surface area (Å²) in [6.07, 6.45) is 5.38. The highest BCUT2D eigenvalue weighted by Crippen LogP contribution is 2.61. The Morgan fingerprint density at radius 2 is 2.07 bits per heavy atom. The summed E-state index contributed by atoms with van der Waals surface area (Å²) in [5.41, 5.74) is -1.07. The van der Waals surface area contributed by atoms with Gasteiger partial charge in [0.25, 0.3) is 0 Å². The first kappa shape index (κ1) is 21.3. The van der Waals surface area contributed by atoms with Crippen LogP contribution in [0.3, 0.4) is 0 Å². The van der Waals surface area contributed by atoms with Gasteiger partial charge in [0.2, 0.25) is 5.91 Å².